The first-order chi connectivity index (χ1) is 14.3. The van der Waals surface area contributed by atoms with Crippen LogP contribution < -0.4 is 10.2 Å². The van der Waals surface area contributed by atoms with Gasteiger partial charge in [0.1, 0.15) is 11.6 Å². The zero-order valence-corrected chi connectivity index (χ0v) is 17.9. The molecule has 1 aliphatic heterocycles. The number of aromatic amines is 1. The lowest BCUT2D eigenvalue weighted by Crippen LogP contribution is -2.44. The number of imidazole rings is 1. The number of aliphatic hydroxyl groups is 1. The van der Waals surface area contributed by atoms with Crippen LogP contribution in [0.1, 0.15) is 26.7 Å². The molecular formula is C22H26ClN5O2. The van der Waals surface area contributed by atoms with Crippen molar-refractivity contribution in [2.75, 3.05) is 24.5 Å². The van der Waals surface area contributed by atoms with E-state index in [9.17, 15) is 9.90 Å². The second kappa shape index (κ2) is 8.24. The van der Waals surface area contributed by atoms with Crippen molar-refractivity contribution in [3.05, 3.63) is 41.6 Å². The fourth-order valence-corrected chi connectivity index (χ4v) is 3.87. The van der Waals surface area contributed by atoms with Crippen LogP contribution in [-0.2, 0) is 4.79 Å². The van der Waals surface area contributed by atoms with E-state index in [2.05, 4.69) is 25.2 Å². The molecule has 1 aliphatic rings. The van der Waals surface area contributed by atoms with Gasteiger partial charge >= 0.3 is 0 Å². The highest BCUT2D eigenvalue weighted by atomic mass is 35.5. The van der Waals surface area contributed by atoms with Crippen molar-refractivity contribution in [2.24, 2.45) is 5.92 Å². The summed E-state index contributed by atoms with van der Waals surface area (Å²) >= 11 is 6.42. The number of halogens is 1. The molecular weight excluding hydrogens is 402 g/mol. The maximum atomic E-state index is 12.4. The van der Waals surface area contributed by atoms with Crippen molar-refractivity contribution < 1.29 is 9.90 Å². The van der Waals surface area contributed by atoms with E-state index in [0.29, 0.717) is 10.8 Å². The van der Waals surface area contributed by atoms with Crippen LogP contribution in [-0.4, -0.2) is 51.2 Å². The molecule has 0 atom stereocenters. The number of nitrogens with zero attached hydrogens (tertiary/aromatic N) is 3. The molecule has 0 radical (unpaired) electrons. The van der Waals surface area contributed by atoms with Gasteiger partial charge in [0.25, 0.3) is 0 Å². The van der Waals surface area contributed by atoms with Gasteiger partial charge in [-0.3, -0.25) is 4.79 Å². The summed E-state index contributed by atoms with van der Waals surface area (Å²) in [7, 11) is 0. The Morgan fingerprint density at radius 1 is 1.33 bits per heavy atom. The molecule has 3 aromatic rings. The lowest BCUT2D eigenvalue weighted by molar-refractivity contribution is -0.126. The number of hydrogen-bond donors (Lipinski definition) is 3. The van der Waals surface area contributed by atoms with Gasteiger partial charge in [-0.1, -0.05) is 23.7 Å². The van der Waals surface area contributed by atoms with Crippen LogP contribution in [0.4, 0.5) is 5.82 Å². The number of hydrogen-bond acceptors (Lipinski definition) is 5. The molecule has 4 rings (SSSR count). The number of piperidine rings is 1. The Morgan fingerprint density at radius 3 is 2.77 bits per heavy atom. The number of pyridine rings is 1. The Kier molecular flexibility index (Phi) is 5.66. The summed E-state index contributed by atoms with van der Waals surface area (Å²) < 4.78 is 0. The Morgan fingerprint density at radius 2 is 2.07 bits per heavy atom. The molecule has 1 saturated heterocycles. The fourth-order valence-electron chi connectivity index (χ4n) is 3.68. The van der Waals surface area contributed by atoms with Gasteiger partial charge in [-0.2, -0.15) is 0 Å². The van der Waals surface area contributed by atoms with Crippen LogP contribution in [0.3, 0.4) is 0 Å². The van der Waals surface area contributed by atoms with Gasteiger partial charge in [-0.15, -0.1) is 0 Å². The summed E-state index contributed by atoms with van der Waals surface area (Å²) in [5, 5.41) is 13.2. The van der Waals surface area contributed by atoms with E-state index in [1.807, 2.05) is 30.3 Å². The van der Waals surface area contributed by atoms with Crippen LogP contribution in [0.25, 0.3) is 22.4 Å². The van der Waals surface area contributed by atoms with E-state index in [1.165, 1.54) is 0 Å². The molecule has 1 aromatic carbocycles. The number of aromatic nitrogens is 3. The van der Waals surface area contributed by atoms with Gasteiger partial charge in [0.2, 0.25) is 5.91 Å². The van der Waals surface area contributed by atoms with E-state index >= 15 is 0 Å². The number of amides is 1. The normalized spacial score (nSPS) is 15.5. The lowest BCUT2D eigenvalue weighted by atomic mass is 9.95. The van der Waals surface area contributed by atoms with Crippen molar-refractivity contribution in [2.45, 2.75) is 32.3 Å². The van der Waals surface area contributed by atoms with Crippen LogP contribution in [0.15, 0.2) is 36.5 Å². The van der Waals surface area contributed by atoms with Gasteiger partial charge in [-0.25, -0.2) is 9.97 Å². The minimum absolute atomic E-state index is 0.00352. The zero-order chi connectivity index (χ0) is 21.3. The van der Waals surface area contributed by atoms with E-state index in [1.54, 1.807) is 20.0 Å². The topological polar surface area (TPSA) is 94.1 Å². The molecule has 1 amide bonds. The maximum Gasteiger partial charge on any atom is 0.223 e. The van der Waals surface area contributed by atoms with Crippen molar-refractivity contribution in [1.82, 2.24) is 20.3 Å². The van der Waals surface area contributed by atoms with Gasteiger partial charge in [-0.05, 0) is 44.9 Å². The smallest absolute Gasteiger partial charge is 0.223 e. The largest absolute Gasteiger partial charge is 0.389 e. The highest BCUT2D eigenvalue weighted by Gasteiger charge is 2.27. The van der Waals surface area contributed by atoms with Gasteiger partial charge in [0.05, 0.1) is 21.7 Å². The molecule has 30 heavy (non-hydrogen) atoms. The monoisotopic (exact) mass is 427 g/mol. The molecule has 0 unspecified atom stereocenters. The first-order valence-electron chi connectivity index (χ1n) is 10.2. The van der Waals surface area contributed by atoms with E-state index in [4.69, 9.17) is 11.6 Å². The van der Waals surface area contributed by atoms with Gasteiger partial charge in [0, 0.05) is 37.3 Å². The number of nitrogens with one attached hydrogen (secondary N) is 2. The van der Waals surface area contributed by atoms with Crippen molar-refractivity contribution >= 4 is 34.4 Å². The number of carbonyl (C=O) groups excluding carboxylic acids is 1. The molecule has 0 saturated carbocycles. The second-order valence-corrected chi connectivity index (χ2v) is 8.82. The van der Waals surface area contributed by atoms with Crippen LogP contribution in [0.2, 0.25) is 5.02 Å². The first kappa shape index (κ1) is 20.6. The summed E-state index contributed by atoms with van der Waals surface area (Å²) in [5.74, 6) is 1.49. The third-order valence-electron chi connectivity index (χ3n) is 5.37. The van der Waals surface area contributed by atoms with Gasteiger partial charge < -0.3 is 20.3 Å². The summed E-state index contributed by atoms with van der Waals surface area (Å²) in [5.41, 5.74) is 1.75. The van der Waals surface area contributed by atoms with Crippen molar-refractivity contribution in [3.63, 3.8) is 0 Å². The number of para-hydroxylation sites is 2. The van der Waals surface area contributed by atoms with E-state index in [0.717, 1.165) is 48.3 Å². The lowest BCUT2D eigenvalue weighted by Gasteiger charge is -2.32. The number of anilines is 1. The molecule has 3 heterocycles. The van der Waals surface area contributed by atoms with E-state index in [-0.39, 0.29) is 18.4 Å². The third kappa shape index (κ3) is 4.57. The number of carbonyl (C=O) groups is 1. The average molecular weight is 428 g/mol. The Bertz CT molecular complexity index is 1020. The number of rotatable bonds is 5. The average Bonchev–Trinajstić information content (AvgIpc) is 3.16. The quantitative estimate of drug-likeness (QED) is 0.580. The molecule has 7 nitrogen and oxygen atoms in total. The molecule has 8 heteroatoms. The van der Waals surface area contributed by atoms with Crippen molar-refractivity contribution in [3.8, 4) is 11.4 Å². The molecule has 158 valence electrons. The van der Waals surface area contributed by atoms with Crippen LogP contribution in [0.5, 0.6) is 0 Å². The van der Waals surface area contributed by atoms with E-state index < -0.39 is 5.60 Å². The summed E-state index contributed by atoms with van der Waals surface area (Å²) in [6.07, 6.45) is 3.13. The summed E-state index contributed by atoms with van der Waals surface area (Å²) in [4.78, 5) is 27.0. The zero-order valence-electron chi connectivity index (χ0n) is 17.2. The Hall–Kier alpha value is -2.64. The van der Waals surface area contributed by atoms with Gasteiger partial charge in [0.15, 0.2) is 0 Å². The highest BCUT2D eigenvalue weighted by molar-refractivity contribution is 6.33. The standard InChI is InChI=1S/C22H26ClN5O2/c1-22(2,30)13-25-21(29)14-7-9-28(10-8-14)19-11-15(16(23)12-24-19)20-26-17-5-3-4-6-18(17)27-20/h3-6,11-12,14,30H,7-10,13H2,1-2H3,(H,25,29)(H,26,27). The van der Waals surface area contributed by atoms with Crippen molar-refractivity contribution in [1.29, 1.82) is 0 Å². The number of H-pyrrole nitrogens is 1. The number of fused-ring (bicyclic) bond motifs is 1. The Labute approximate surface area is 180 Å². The SMILES string of the molecule is CC(C)(O)CNC(=O)C1CCN(c2cc(-c3nc4ccccc4[nH]3)c(Cl)cn2)CC1. The predicted octanol–water partition coefficient (Wildman–Crippen LogP) is 3.38. The molecule has 1 fully saturated rings. The highest BCUT2D eigenvalue weighted by Crippen LogP contribution is 2.31. The minimum Gasteiger partial charge on any atom is -0.389 e. The predicted molar refractivity (Wildman–Crippen MR) is 119 cm³/mol. The molecule has 3 N–H and O–H groups in total. The Balaban J connectivity index is 1.46. The van der Waals surface area contributed by atoms with Crippen LogP contribution >= 0.6 is 11.6 Å². The summed E-state index contributed by atoms with van der Waals surface area (Å²) in [6.45, 7) is 5.08. The fraction of sp³-hybridized carbons (Fsp3) is 0.409. The molecule has 0 aliphatic carbocycles. The first-order valence-corrected chi connectivity index (χ1v) is 10.5. The molecule has 0 bridgehead atoms. The second-order valence-electron chi connectivity index (χ2n) is 8.42. The molecule has 2 aromatic heterocycles. The minimum atomic E-state index is -0.906. The third-order valence-corrected chi connectivity index (χ3v) is 5.67. The molecule has 0 spiro atoms. The summed E-state index contributed by atoms with van der Waals surface area (Å²) in [6, 6.07) is 9.81. The van der Waals surface area contributed by atoms with Crippen LogP contribution in [0, 0.1) is 5.92 Å². The maximum absolute atomic E-state index is 12.4. The number of benzene rings is 1.